The SMILES string of the molecule is CCCC(C)(C(=O)OCC)c1cc(OS(=O)(=O)C(F)(F)F)cc(-c2ccc(C(F)(F)F)cc2)c1. The van der Waals surface area contributed by atoms with Gasteiger partial charge in [-0.15, -0.1) is 0 Å². The van der Waals surface area contributed by atoms with Crippen molar-refractivity contribution in [2.24, 2.45) is 0 Å². The Hall–Kier alpha value is -2.76. The number of hydrogen-bond acceptors (Lipinski definition) is 5. The van der Waals surface area contributed by atoms with Gasteiger partial charge in [-0.2, -0.15) is 34.8 Å². The van der Waals surface area contributed by atoms with Crippen LogP contribution in [0.25, 0.3) is 11.1 Å². The van der Waals surface area contributed by atoms with Crippen LogP contribution in [0.5, 0.6) is 5.75 Å². The molecule has 0 fully saturated rings. The third-order valence-electron chi connectivity index (χ3n) is 5.05. The lowest BCUT2D eigenvalue weighted by molar-refractivity contribution is -0.149. The molecule has 0 aliphatic rings. The van der Waals surface area contributed by atoms with E-state index in [0.717, 1.165) is 36.4 Å². The third-order valence-corrected chi connectivity index (χ3v) is 6.03. The van der Waals surface area contributed by atoms with Crippen LogP contribution in [-0.4, -0.2) is 26.5 Å². The number of ether oxygens (including phenoxy) is 1. The molecule has 0 amide bonds. The average Bonchev–Trinajstić information content (AvgIpc) is 2.72. The molecule has 0 saturated heterocycles. The quantitative estimate of drug-likeness (QED) is 0.182. The minimum atomic E-state index is -6.05. The zero-order chi connectivity index (χ0) is 25.9. The van der Waals surface area contributed by atoms with E-state index in [1.54, 1.807) is 13.8 Å². The second kappa shape index (κ2) is 9.85. The molecule has 1 unspecified atom stereocenters. The molecule has 0 spiro atoms. The van der Waals surface area contributed by atoms with Crippen LogP contribution in [-0.2, 0) is 31.2 Å². The topological polar surface area (TPSA) is 69.7 Å². The summed E-state index contributed by atoms with van der Waals surface area (Å²) in [5.41, 5.74) is -7.81. The van der Waals surface area contributed by atoms with Gasteiger partial charge >= 0.3 is 27.8 Å². The monoisotopic (exact) mass is 512 g/mol. The molecule has 1 atom stereocenters. The summed E-state index contributed by atoms with van der Waals surface area (Å²) < 4.78 is 110. The molecule has 188 valence electrons. The van der Waals surface area contributed by atoms with Crippen molar-refractivity contribution in [3.8, 4) is 16.9 Å². The van der Waals surface area contributed by atoms with Crippen molar-refractivity contribution in [1.29, 1.82) is 0 Å². The highest BCUT2D eigenvalue weighted by molar-refractivity contribution is 7.88. The Morgan fingerprint density at radius 3 is 1.94 bits per heavy atom. The Bertz CT molecular complexity index is 1120. The second-order valence-electron chi connectivity index (χ2n) is 7.61. The summed E-state index contributed by atoms with van der Waals surface area (Å²) >= 11 is 0. The van der Waals surface area contributed by atoms with Gasteiger partial charge in [-0.1, -0.05) is 25.5 Å². The van der Waals surface area contributed by atoms with Crippen LogP contribution in [0.15, 0.2) is 42.5 Å². The van der Waals surface area contributed by atoms with Crippen molar-refractivity contribution < 1.29 is 48.5 Å². The number of carbonyl (C=O) groups excluding carboxylic acids is 1. The van der Waals surface area contributed by atoms with Crippen molar-refractivity contribution in [3.63, 3.8) is 0 Å². The Morgan fingerprint density at radius 1 is 0.882 bits per heavy atom. The molecule has 5 nitrogen and oxygen atoms in total. The van der Waals surface area contributed by atoms with Crippen LogP contribution in [0, 0.1) is 0 Å². The molecular weight excluding hydrogens is 490 g/mol. The molecule has 12 heteroatoms. The predicted molar refractivity (Wildman–Crippen MR) is 111 cm³/mol. The summed E-state index contributed by atoms with van der Waals surface area (Å²) in [5, 5.41) is 0. The lowest BCUT2D eigenvalue weighted by Crippen LogP contribution is -2.34. The Labute approximate surface area is 192 Å². The molecule has 2 aromatic rings. The van der Waals surface area contributed by atoms with Crippen molar-refractivity contribution in [3.05, 3.63) is 53.6 Å². The van der Waals surface area contributed by atoms with E-state index in [2.05, 4.69) is 4.18 Å². The van der Waals surface area contributed by atoms with Gasteiger partial charge in [-0.05, 0) is 67.3 Å². The molecule has 0 N–H and O–H groups in total. The zero-order valence-electron chi connectivity index (χ0n) is 18.4. The van der Waals surface area contributed by atoms with Gasteiger partial charge in [-0.3, -0.25) is 4.79 Å². The molecule has 0 radical (unpaired) electrons. The van der Waals surface area contributed by atoms with E-state index in [4.69, 9.17) is 4.74 Å². The Balaban J connectivity index is 2.72. The van der Waals surface area contributed by atoms with Crippen molar-refractivity contribution in [2.75, 3.05) is 6.61 Å². The minimum absolute atomic E-state index is 0.0164. The van der Waals surface area contributed by atoms with Crippen molar-refractivity contribution >= 4 is 16.1 Å². The molecule has 0 bridgehead atoms. The first kappa shape index (κ1) is 27.5. The largest absolute Gasteiger partial charge is 0.534 e. The summed E-state index contributed by atoms with van der Waals surface area (Å²) in [5.74, 6) is -1.46. The van der Waals surface area contributed by atoms with Gasteiger partial charge in [0.2, 0.25) is 0 Å². The number of esters is 1. The summed E-state index contributed by atoms with van der Waals surface area (Å²) in [7, 11) is -6.05. The van der Waals surface area contributed by atoms with Crippen LogP contribution in [0.3, 0.4) is 0 Å². The van der Waals surface area contributed by atoms with Crippen LogP contribution >= 0.6 is 0 Å². The van der Waals surface area contributed by atoms with E-state index in [9.17, 15) is 39.6 Å². The third kappa shape index (κ3) is 6.02. The molecule has 0 aromatic heterocycles. The van der Waals surface area contributed by atoms with Crippen molar-refractivity contribution in [2.45, 2.75) is 50.7 Å². The van der Waals surface area contributed by atoms with Gasteiger partial charge in [0, 0.05) is 0 Å². The molecule has 0 heterocycles. The highest BCUT2D eigenvalue weighted by atomic mass is 32.2. The van der Waals surface area contributed by atoms with E-state index < -0.39 is 44.5 Å². The van der Waals surface area contributed by atoms with Crippen LogP contribution in [0.4, 0.5) is 26.3 Å². The van der Waals surface area contributed by atoms with E-state index in [-0.39, 0.29) is 29.7 Å². The average molecular weight is 512 g/mol. The van der Waals surface area contributed by atoms with Crippen LogP contribution < -0.4 is 4.18 Å². The van der Waals surface area contributed by atoms with Gasteiger partial charge in [0.05, 0.1) is 17.6 Å². The number of benzene rings is 2. The number of hydrogen-bond donors (Lipinski definition) is 0. The normalized spacial score (nSPS) is 14.4. The van der Waals surface area contributed by atoms with E-state index in [1.807, 2.05) is 0 Å². The zero-order valence-corrected chi connectivity index (χ0v) is 19.2. The maximum absolute atomic E-state index is 12.9. The molecule has 2 aromatic carbocycles. The first-order chi connectivity index (χ1) is 15.5. The number of rotatable bonds is 8. The number of halogens is 6. The summed E-state index contributed by atoms with van der Waals surface area (Å²) in [6.45, 7) is 4.81. The number of carbonyl (C=O) groups is 1. The smallest absolute Gasteiger partial charge is 0.465 e. The second-order valence-corrected chi connectivity index (χ2v) is 9.14. The van der Waals surface area contributed by atoms with Gasteiger partial charge in [0.15, 0.2) is 0 Å². The van der Waals surface area contributed by atoms with Gasteiger partial charge in [0.1, 0.15) is 5.75 Å². The first-order valence-corrected chi connectivity index (χ1v) is 11.5. The maximum atomic E-state index is 12.9. The standard InChI is InChI=1S/C22H22F6O5S/c1-4-10-20(3,19(29)32-5-2)17-11-15(14-6-8-16(9-7-14)21(23,24)25)12-18(13-17)33-34(30,31)22(26,27)28/h6-9,11-13H,4-5,10H2,1-3H3. The lowest BCUT2D eigenvalue weighted by atomic mass is 9.77. The fourth-order valence-electron chi connectivity index (χ4n) is 3.31. The summed E-state index contributed by atoms with van der Waals surface area (Å²) in [6.07, 6.45) is -3.97. The predicted octanol–water partition coefficient (Wildman–Crippen LogP) is 6.22. The molecule has 34 heavy (non-hydrogen) atoms. The van der Waals surface area contributed by atoms with E-state index in [1.165, 1.54) is 13.0 Å². The molecular formula is C22H22F6O5S. The fourth-order valence-corrected chi connectivity index (χ4v) is 3.76. The van der Waals surface area contributed by atoms with E-state index in [0.29, 0.717) is 6.42 Å². The molecule has 0 aliphatic heterocycles. The highest BCUT2D eigenvalue weighted by Gasteiger charge is 2.49. The molecule has 2 rings (SSSR count). The van der Waals surface area contributed by atoms with Gasteiger partial charge in [-0.25, -0.2) is 0 Å². The van der Waals surface area contributed by atoms with Crippen LogP contribution in [0.2, 0.25) is 0 Å². The molecule has 0 aliphatic carbocycles. The number of alkyl halides is 6. The molecule has 0 saturated carbocycles. The summed E-state index contributed by atoms with van der Waals surface area (Å²) in [4.78, 5) is 12.7. The van der Waals surface area contributed by atoms with Gasteiger partial charge < -0.3 is 8.92 Å². The lowest BCUT2D eigenvalue weighted by Gasteiger charge is -2.28. The maximum Gasteiger partial charge on any atom is 0.534 e. The van der Waals surface area contributed by atoms with E-state index >= 15 is 0 Å². The van der Waals surface area contributed by atoms with Crippen molar-refractivity contribution in [1.82, 2.24) is 0 Å². The highest BCUT2D eigenvalue weighted by Crippen LogP contribution is 2.39. The van der Waals surface area contributed by atoms with Gasteiger partial charge in [0.25, 0.3) is 0 Å². The fraction of sp³-hybridized carbons (Fsp3) is 0.409. The first-order valence-electron chi connectivity index (χ1n) is 10.1. The van der Waals surface area contributed by atoms with Crippen LogP contribution in [0.1, 0.15) is 44.7 Å². The Morgan fingerprint density at radius 2 is 1.47 bits per heavy atom. The minimum Gasteiger partial charge on any atom is -0.465 e. The Kier molecular flexibility index (Phi) is 7.96. The summed E-state index contributed by atoms with van der Waals surface area (Å²) in [6, 6.07) is 6.98.